The Kier molecular flexibility index (Phi) is 5.11. The van der Waals surface area contributed by atoms with Crippen LogP contribution in [0.5, 0.6) is 5.75 Å². The van der Waals surface area contributed by atoms with E-state index in [2.05, 4.69) is 41.1 Å². The van der Waals surface area contributed by atoms with E-state index in [1.165, 1.54) is 37.7 Å². The summed E-state index contributed by atoms with van der Waals surface area (Å²) in [4.78, 5) is 0.687. The molecule has 0 radical (unpaired) electrons. The summed E-state index contributed by atoms with van der Waals surface area (Å²) in [6, 6.07) is 8.51. The van der Waals surface area contributed by atoms with Gasteiger partial charge in [-0.05, 0) is 55.2 Å². The Bertz CT molecular complexity index is 377. The molecule has 0 aromatic heterocycles. The number of rotatable bonds is 4. The summed E-state index contributed by atoms with van der Waals surface area (Å²) < 4.78 is 5.30. The molecule has 1 saturated carbocycles. The quantitative estimate of drug-likeness (QED) is 0.724. The fourth-order valence-corrected chi connectivity index (χ4v) is 3.68. The van der Waals surface area contributed by atoms with Crippen molar-refractivity contribution in [3.05, 3.63) is 29.8 Å². The van der Waals surface area contributed by atoms with Crippen molar-refractivity contribution < 1.29 is 4.74 Å². The molecule has 1 aliphatic carbocycles. The zero-order valence-electron chi connectivity index (χ0n) is 11.4. The Morgan fingerprint density at radius 1 is 1.33 bits per heavy atom. The first kappa shape index (κ1) is 13.9. The molecule has 2 heteroatoms. The predicted molar refractivity (Wildman–Crippen MR) is 80.5 cm³/mol. The first-order valence-electron chi connectivity index (χ1n) is 7.00. The number of halogens is 1. The number of hydrogen-bond donors (Lipinski definition) is 0. The van der Waals surface area contributed by atoms with Crippen LogP contribution in [-0.4, -0.2) is 11.9 Å². The average molecular weight is 311 g/mol. The van der Waals surface area contributed by atoms with Crippen molar-refractivity contribution in [3.8, 4) is 5.75 Å². The van der Waals surface area contributed by atoms with E-state index < -0.39 is 0 Å². The maximum atomic E-state index is 5.30. The molecule has 0 heterocycles. The second-order valence-corrected chi connectivity index (χ2v) is 6.60. The van der Waals surface area contributed by atoms with Crippen molar-refractivity contribution in [3.63, 3.8) is 0 Å². The highest BCUT2D eigenvalue weighted by Gasteiger charge is 2.28. The van der Waals surface area contributed by atoms with Gasteiger partial charge in [-0.3, -0.25) is 0 Å². The average Bonchev–Trinajstić information content (AvgIpc) is 2.41. The van der Waals surface area contributed by atoms with E-state index in [1.54, 1.807) is 7.11 Å². The number of alkyl halides is 1. The van der Waals surface area contributed by atoms with E-state index in [0.717, 1.165) is 17.6 Å². The Morgan fingerprint density at radius 2 is 2.17 bits per heavy atom. The molecule has 1 aromatic carbocycles. The van der Waals surface area contributed by atoms with Crippen molar-refractivity contribution in [1.82, 2.24) is 0 Å². The van der Waals surface area contributed by atoms with E-state index in [-0.39, 0.29) is 0 Å². The third kappa shape index (κ3) is 3.50. The normalized spacial score (nSPS) is 28.1. The molecule has 18 heavy (non-hydrogen) atoms. The SMILES string of the molecule is CCC1CCC(Br)C(Cc2cccc(OC)c2)C1. The van der Waals surface area contributed by atoms with Gasteiger partial charge in [0, 0.05) is 4.83 Å². The van der Waals surface area contributed by atoms with Gasteiger partial charge in [0.1, 0.15) is 5.75 Å². The lowest BCUT2D eigenvalue weighted by molar-refractivity contribution is 0.271. The van der Waals surface area contributed by atoms with Gasteiger partial charge in [0.15, 0.2) is 0 Å². The van der Waals surface area contributed by atoms with Gasteiger partial charge in [0.05, 0.1) is 7.11 Å². The number of ether oxygens (including phenoxy) is 1. The van der Waals surface area contributed by atoms with Gasteiger partial charge in [-0.1, -0.05) is 41.4 Å². The van der Waals surface area contributed by atoms with Crippen LogP contribution < -0.4 is 4.74 Å². The van der Waals surface area contributed by atoms with Gasteiger partial charge >= 0.3 is 0 Å². The molecule has 0 amide bonds. The van der Waals surface area contributed by atoms with Crippen molar-refractivity contribution >= 4 is 15.9 Å². The summed E-state index contributed by atoms with van der Waals surface area (Å²) in [6.45, 7) is 2.32. The fourth-order valence-electron chi connectivity index (χ4n) is 3.01. The first-order valence-corrected chi connectivity index (χ1v) is 7.91. The van der Waals surface area contributed by atoms with E-state index in [0.29, 0.717) is 4.83 Å². The third-order valence-electron chi connectivity index (χ3n) is 4.21. The van der Waals surface area contributed by atoms with Crippen LogP contribution in [0.1, 0.15) is 38.2 Å². The van der Waals surface area contributed by atoms with Crippen molar-refractivity contribution in [2.75, 3.05) is 7.11 Å². The van der Waals surface area contributed by atoms with Crippen LogP contribution in [0.25, 0.3) is 0 Å². The minimum Gasteiger partial charge on any atom is -0.497 e. The molecule has 0 bridgehead atoms. The van der Waals surface area contributed by atoms with Crippen LogP contribution in [0.15, 0.2) is 24.3 Å². The van der Waals surface area contributed by atoms with E-state index in [4.69, 9.17) is 4.74 Å². The first-order chi connectivity index (χ1) is 8.72. The molecule has 1 nitrogen and oxygen atoms in total. The highest BCUT2D eigenvalue weighted by Crippen LogP contribution is 2.37. The van der Waals surface area contributed by atoms with Gasteiger partial charge < -0.3 is 4.74 Å². The summed E-state index contributed by atoms with van der Waals surface area (Å²) in [7, 11) is 1.74. The molecular weight excluding hydrogens is 288 g/mol. The van der Waals surface area contributed by atoms with Crippen LogP contribution >= 0.6 is 15.9 Å². The molecule has 0 saturated heterocycles. The van der Waals surface area contributed by atoms with Crippen molar-refractivity contribution in [2.24, 2.45) is 11.8 Å². The van der Waals surface area contributed by atoms with Gasteiger partial charge in [-0.25, -0.2) is 0 Å². The smallest absolute Gasteiger partial charge is 0.119 e. The maximum absolute atomic E-state index is 5.30. The topological polar surface area (TPSA) is 9.23 Å². The molecule has 1 aliphatic rings. The van der Waals surface area contributed by atoms with E-state index in [1.807, 2.05) is 6.07 Å². The van der Waals surface area contributed by atoms with Crippen molar-refractivity contribution in [2.45, 2.75) is 43.9 Å². The highest BCUT2D eigenvalue weighted by molar-refractivity contribution is 9.09. The lowest BCUT2D eigenvalue weighted by atomic mass is 9.77. The molecule has 0 aliphatic heterocycles. The standard InChI is InChI=1S/C16H23BrO/c1-3-12-7-8-16(17)14(9-12)10-13-5-4-6-15(11-13)18-2/h4-6,11-12,14,16H,3,7-10H2,1-2H3. The lowest BCUT2D eigenvalue weighted by Gasteiger charge is -2.33. The Balaban J connectivity index is 2.02. The molecule has 1 fully saturated rings. The van der Waals surface area contributed by atoms with Gasteiger partial charge in [0.25, 0.3) is 0 Å². The third-order valence-corrected chi connectivity index (χ3v) is 5.41. The molecule has 3 atom stereocenters. The van der Waals surface area contributed by atoms with Crippen LogP contribution in [0.3, 0.4) is 0 Å². The summed E-state index contributed by atoms with van der Waals surface area (Å²) in [6.07, 6.45) is 6.58. The van der Waals surface area contributed by atoms with E-state index >= 15 is 0 Å². The van der Waals surface area contributed by atoms with Gasteiger partial charge in [-0.2, -0.15) is 0 Å². The van der Waals surface area contributed by atoms with Gasteiger partial charge in [0.2, 0.25) is 0 Å². The van der Waals surface area contributed by atoms with Crippen LogP contribution in [-0.2, 0) is 6.42 Å². The largest absolute Gasteiger partial charge is 0.497 e. The highest BCUT2D eigenvalue weighted by atomic mass is 79.9. The molecule has 1 aromatic rings. The second-order valence-electron chi connectivity index (χ2n) is 5.42. The van der Waals surface area contributed by atoms with E-state index in [9.17, 15) is 0 Å². The second kappa shape index (κ2) is 6.60. The maximum Gasteiger partial charge on any atom is 0.119 e. The fraction of sp³-hybridized carbons (Fsp3) is 0.625. The molecule has 2 rings (SSSR count). The summed E-state index contributed by atoms with van der Waals surface area (Å²) in [5, 5.41) is 0. The van der Waals surface area contributed by atoms with Gasteiger partial charge in [-0.15, -0.1) is 0 Å². The van der Waals surface area contributed by atoms with Crippen molar-refractivity contribution in [1.29, 1.82) is 0 Å². The van der Waals surface area contributed by atoms with Crippen LogP contribution in [0, 0.1) is 11.8 Å². The van der Waals surface area contributed by atoms with Crippen LogP contribution in [0.2, 0.25) is 0 Å². The minimum absolute atomic E-state index is 0.687. The molecule has 0 N–H and O–H groups in total. The summed E-state index contributed by atoms with van der Waals surface area (Å²) in [5.41, 5.74) is 1.40. The number of methoxy groups -OCH3 is 1. The zero-order valence-corrected chi connectivity index (χ0v) is 12.9. The molecule has 100 valence electrons. The minimum atomic E-state index is 0.687. The Labute approximate surface area is 119 Å². The Morgan fingerprint density at radius 3 is 2.89 bits per heavy atom. The Hall–Kier alpha value is -0.500. The monoisotopic (exact) mass is 310 g/mol. The summed E-state index contributed by atoms with van der Waals surface area (Å²) in [5.74, 6) is 2.67. The predicted octanol–water partition coefficient (Wildman–Crippen LogP) is 4.83. The number of benzene rings is 1. The summed E-state index contributed by atoms with van der Waals surface area (Å²) >= 11 is 3.87. The lowest BCUT2D eigenvalue weighted by Crippen LogP contribution is -2.26. The zero-order chi connectivity index (χ0) is 13.0. The molecule has 3 unspecified atom stereocenters. The van der Waals surface area contributed by atoms with Crippen LogP contribution in [0.4, 0.5) is 0 Å². The number of hydrogen-bond acceptors (Lipinski definition) is 1. The molecule has 0 spiro atoms. The molecular formula is C16H23BrO.